The van der Waals surface area contributed by atoms with Crippen molar-refractivity contribution in [3.8, 4) is 5.75 Å². The molecule has 0 bridgehead atoms. The van der Waals surface area contributed by atoms with Gasteiger partial charge in [-0.25, -0.2) is 8.78 Å². The quantitative estimate of drug-likeness (QED) is 0.253. The normalized spacial score (nSPS) is 32.8. The van der Waals surface area contributed by atoms with Gasteiger partial charge in [0, 0.05) is 12.1 Å². The summed E-state index contributed by atoms with van der Waals surface area (Å²) in [7, 11) is 0. The molecule has 2 nitrogen and oxygen atoms in total. The largest absolute Gasteiger partial charge is 0.426 e. The van der Waals surface area contributed by atoms with Crippen LogP contribution in [-0.4, -0.2) is 5.97 Å². The number of benzene rings is 1. The Morgan fingerprint density at radius 2 is 1.36 bits per heavy atom. The fourth-order valence-electron chi connectivity index (χ4n) is 6.73. The number of hydrogen-bond acceptors (Lipinski definition) is 2. The Kier molecular flexibility index (Phi) is 7.35. The highest BCUT2D eigenvalue weighted by Gasteiger charge is 2.40. The maximum absolute atomic E-state index is 13.8. The second-order valence-corrected chi connectivity index (χ2v) is 10.5. The molecule has 3 saturated carbocycles. The van der Waals surface area contributed by atoms with Crippen LogP contribution in [0.3, 0.4) is 0 Å². The van der Waals surface area contributed by atoms with Gasteiger partial charge in [-0.1, -0.05) is 19.8 Å². The maximum Gasteiger partial charge on any atom is 0.422 e. The molecule has 0 amide bonds. The van der Waals surface area contributed by atoms with Crippen LogP contribution in [-0.2, 0) is 11.0 Å². The molecule has 0 radical (unpaired) electrons. The van der Waals surface area contributed by atoms with E-state index in [-0.39, 0.29) is 5.92 Å². The minimum atomic E-state index is -5.15. The van der Waals surface area contributed by atoms with Gasteiger partial charge in [0.1, 0.15) is 22.9 Å². The van der Waals surface area contributed by atoms with Crippen LogP contribution in [0.5, 0.6) is 5.75 Å². The highest BCUT2D eigenvalue weighted by Crippen LogP contribution is 2.49. The van der Waals surface area contributed by atoms with Crippen LogP contribution in [0.25, 0.3) is 0 Å². The molecular formula is C26H33F5O2. The second kappa shape index (κ2) is 9.91. The molecular weight excluding hydrogens is 439 g/mol. The van der Waals surface area contributed by atoms with Crippen LogP contribution >= 0.6 is 0 Å². The number of esters is 1. The van der Waals surface area contributed by atoms with Gasteiger partial charge in [-0.2, -0.15) is 13.2 Å². The van der Waals surface area contributed by atoms with E-state index in [1.165, 1.54) is 44.9 Å². The van der Waals surface area contributed by atoms with Crippen LogP contribution in [0.1, 0.15) is 83.1 Å². The van der Waals surface area contributed by atoms with Crippen molar-refractivity contribution < 1.29 is 31.5 Å². The maximum atomic E-state index is 13.8. The number of fused-ring (bicyclic) bond motifs is 1. The topological polar surface area (TPSA) is 26.3 Å². The summed E-state index contributed by atoms with van der Waals surface area (Å²) in [4.78, 5) is 12.5. The third kappa shape index (κ3) is 5.54. The van der Waals surface area contributed by atoms with Crippen LogP contribution < -0.4 is 4.74 Å². The van der Waals surface area contributed by atoms with Gasteiger partial charge >= 0.3 is 12.1 Å². The van der Waals surface area contributed by atoms with E-state index < -0.39 is 35.1 Å². The van der Waals surface area contributed by atoms with Crippen LogP contribution in [0.15, 0.2) is 12.1 Å². The van der Waals surface area contributed by atoms with Crippen molar-refractivity contribution in [3.63, 3.8) is 0 Å². The molecule has 1 aromatic rings. The van der Waals surface area contributed by atoms with E-state index in [0.717, 1.165) is 30.6 Å². The van der Waals surface area contributed by atoms with Crippen molar-refractivity contribution in [3.05, 3.63) is 29.3 Å². The van der Waals surface area contributed by atoms with Crippen molar-refractivity contribution in [1.29, 1.82) is 0 Å². The standard InChI is InChI=1S/C26H33F5O2/c1-2-15-3-4-20-12-19(10-9-18(20)11-15)16-5-7-17(8-6-16)25(32)33-21-13-22(27)24(23(28)14-21)26(29,30)31/h13-20H,2-12H2,1H3. The fraction of sp³-hybridized carbons (Fsp3) is 0.731. The smallest absolute Gasteiger partial charge is 0.422 e. The van der Waals surface area contributed by atoms with E-state index in [2.05, 4.69) is 6.92 Å². The van der Waals surface area contributed by atoms with Crippen LogP contribution in [0.2, 0.25) is 0 Å². The molecule has 0 aliphatic heterocycles. The number of carbonyl (C=O) groups excluding carboxylic acids is 1. The molecule has 0 spiro atoms. The Bertz CT molecular complexity index is 821. The zero-order valence-corrected chi connectivity index (χ0v) is 19.1. The minimum Gasteiger partial charge on any atom is -0.426 e. The number of halogens is 5. The van der Waals surface area contributed by atoms with Gasteiger partial charge in [0.05, 0.1) is 5.92 Å². The molecule has 184 valence electrons. The SMILES string of the molecule is CCC1CCC2CC(C3CCC(C(=O)Oc4cc(F)c(C(F)(F)F)c(F)c4)CC3)CCC2C1. The van der Waals surface area contributed by atoms with Gasteiger partial charge < -0.3 is 4.74 Å². The van der Waals surface area contributed by atoms with Gasteiger partial charge in [-0.15, -0.1) is 0 Å². The summed E-state index contributed by atoms with van der Waals surface area (Å²) in [6.45, 7) is 2.30. The zero-order valence-electron chi connectivity index (χ0n) is 19.1. The van der Waals surface area contributed by atoms with Crippen molar-refractivity contribution >= 4 is 5.97 Å². The van der Waals surface area contributed by atoms with Crippen LogP contribution in [0, 0.1) is 47.1 Å². The summed E-state index contributed by atoms with van der Waals surface area (Å²) in [6.07, 6.45) is 7.26. The molecule has 0 N–H and O–H groups in total. The molecule has 7 heteroatoms. The monoisotopic (exact) mass is 472 g/mol. The summed E-state index contributed by atoms with van der Waals surface area (Å²) in [5.74, 6) is -1.15. The molecule has 4 unspecified atom stereocenters. The third-order valence-electron chi connectivity index (χ3n) is 8.63. The molecule has 4 atom stereocenters. The molecule has 1 aromatic carbocycles. The Hall–Kier alpha value is -1.66. The fourth-order valence-corrected chi connectivity index (χ4v) is 6.73. The number of ether oxygens (including phenoxy) is 1. The zero-order chi connectivity index (χ0) is 23.8. The number of rotatable bonds is 4. The van der Waals surface area contributed by atoms with E-state index in [9.17, 15) is 26.7 Å². The predicted octanol–water partition coefficient (Wildman–Crippen LogP) is 7.94. The van der Waals surface area contributed by atoms with E-state index in [0.29, 0.717) is 36.8 Å². The lowest BCUT2D eigenvalue weighted by molar-refractivity contribution is -0.142. The summed E-state index contributed by atoms with van der Waals surface area (Å²) in [5.41, 5.74) is -1.97. The first-order valence-electron chi connectivity index (χ1n) is 12.4. The molecule has 0 heterocycles. The molecule has 3 aliphatic rings. The summed E-state index contributed by atoms with van der Waals surface area (Å²) in [5, 5.41) is 0. The average Bonchev–Trinajstić information content (AvgIpc) is 2.77. The highest BCUT2D eigenvalue weighted by atomic mass is 19.4. The average molecular weight is 473 g/mol. The third-order valence-corrected chi connectivity index (χ3v) is 8.63. The van der Waals surface area contributed by atoms with E-state index in [4.69, 9.17) is 4.74 Å². The van der Waals surface area contributed by atoms with E-state index in [1.54, 1.807) is 0 Å². The number of hydrogen-bond donors (Lipinski definition) is 0. The number of carbonyl (C=O) groups is 1. The first-order chi connectivity index (χ1) is 15.7. The second-order valence-electron chi connectivity index (χ2n) is 10.5. The summed E-state index contributed by atoms with van der Waals surface area (Å²) >= 11 is 0. The number of alkyl halides is 3. The lowest BCUT2D eigenvalue weighted by atomic mass is 9.61. The Morgan fingerprint density at radius 3 is 1.94 bits per heavy atom. The molecule has 3 aliphatic carbocycles. The van der Waals surface area contributed by atoms with Crippen molar-refractivity contribution in [1.82, 2.24) is 0 Å². The summed E-state index contributed by atoms with van der Waals surface area (Å²) in [6, 6.07) is 0.863. The van der Waals surface area contributed by atoms with Crippen molar-refractivity contribution in [2.24, 2.45) is 35.5 Å². The molecule has 3 fully saturated rings. The van der Waals surface area contributed by atoms with Gasteiger partial charge in [-0.05, 0) is 87.4 Å². The van der Waals surface area contributed by atoms with E-state index >= 15 is 0 Å². The van der Waals surface area contributed by atoms with Gasteiger partial charge in [0.25, 0.3) is 0 Å². The summed E-state index contributed by atoms with van der Waals surface area (Å²) < 4.78 is 70.8. The van der Waals surface area contributed by atoms with Crippen molar-refractivity contribution in [2.75, 3.05) is 0 Å². The minimum absolute atomic E-state index is 0.383. The lowest BCUT2D eigenvalue weighted by Gasteiger charge is -2.45. The predicted molar refractivity (Wildman–Crippen MR) is 114 cm³/mol. The molecule has 0 saturated heterocycles. The van der Waals surface area contributed by atoms with Gasteiger partial charge in [0.15, 0.2) is 0 Å². The van der Waals surface area contributed by atoms with E-state index in [1.807, 2.05) is 0 Å². The molecule has 4 rings (SSSR count). The molecule has 33 heavy (non-hydrogen) atoms. The highest BCUT2D eigenvalue weighted by molar-refractivity contribution is 5.75. The Labute approximate surface area is 192 Å². The van der Waals surface area contributed by atoms with Crippen LogP contribution in [0.4, 0.5) is 22.0 Å². The van der Waals surface area contributed by atoms with Gasteiger partial charge in [-0.3, -0.25) is 4.79 Å². The first-order valence-corrected chi connectivity index (χ1v) is 12.4. The Balaban J connectivity index is 1.28. The first kappa shape index (κ1) is 24.5. The van der Waals surface area contributed by atoms with Gasteiger partial charge in [0.2, 0.25) is 0 Å². The van der Waals surface area contributed by atoms with Crippen molar-refractivity contribution in [2.45, 2.75) is 83.7 Å². The Morgan fingerprint density at radius 1 is 0.848 bits per heavy atom. The molecule has 0 aromatic heterocycles. The lowest BCUT2D eigenvalue weighted by Crippen LogP contribution is -2.35.